The van der Waals surface area contributed by atoms with Gasteiger partial charge in [-0.05, 0) is 53.3 Å². The summed E-state index contributed by atoms with van der Waals surface area (Å²) in [5.41, 5.74) is 12.7. The minimum Gasteiger partial charge on any atom is -0.396 e. The van der Waals surface area contributed by atoms with Gasteiger partial charge in [0.25, 0.3) is 0 Å². The number of nitrogen functional groups attached to an aromatic ring is 1. The number of anilines is 1. The first-order valence-electron chi connectivity index (χ1n) is 7.18. The van der Waals surface area contributed by atoms with Gasteiger partial charge in [-0.2, -0.15) is 0 Å². The highest BCUT2D eigenvalue weighted by molar-refractivity contribution is 14.1. The summed E-state index contributed by atoms with van der Waals surface area (Å²) in [5.74, 6) is -0.291. The van der Waals surface area contributed by atoms with Crippen LogP contribution in [0.1, 0.15) is 18.2 Å². The average Bonchev–Trinajstić information content (AvgIpc) is 2.90. The molecule has 2 heterocycles. The maximum atomic E-state index is 13.4. The van der Waals surface area contributed by atoms with E-state index in [-0.39, 0.29) is 24.0 Å². The maximum Gasteiger partial charge on any atom is 0.231 e. The quantitative estimate of drug-likeness (QED) is 0.536. The van der Waals surface area contributed by atoms with E-state index in [0.717, 1.165) is 18.9 Å². The highest BCUT2D eigenvalue weighted by atomic mass is 127. The fourth-order valence-corrected chi connectivity index (χ4v) is 4.77. The van der Waals surface area contributed by atoms with E-state index >= 15 is 0 Å². The van der Waals surface area contributed by atoms with Gasteiger partial charge >= 0.3 is 0 Å². The predicted octanol–water partition coefficient (Wildman–Crippen LogP) is 3.13. The Hall–Kier alpha value is -1.68. The number of benzene rings is 1. The molecule has 0 radical (unpaired) electrons. The normalized spacial score (nSPS) is 21.1. The fraction of sp³-hybridized carbons (Fsp3) is 0.250. The van der Waals surface area contributed by atoms with Gasteiger partial charge in [-0.15, -0.1) is 11.3 Å². The van der Waals surface area contributed by atoms with E-state index in [9.17, 15) is 9.18 Å². The lowest BCUT2D eigenvalue weighted by atomic mass is 9.93. The zero-order valence-corrected chi connectivity index (χ0v) is 16.1. The molecule has 5 nitrogen and oxygen atoms in total. The van der Waals surface area contributed by atoms with Crippen molar-refractivity contribution in [3.05, 3.63) is 37.8 Å². The molecule has 24 heavy (non-hydrogen) atoms. The smallest absolute Gasteiger partial charge is 0.231 e. The number of thiophene rings is 1. The topological polar surface area (TPSA) is 84.7 Å². The molecule has 126 valence electrons. The van der Waals surface area contributed by atoms with Crippen molar-refractivity contribution < 1.29 is 9.18 Å². The van der Waals surface area contributed by atoms with Crippen LogP contribution in [0.3, 0.4) is 0 Å². The molecule has 2 aromatic rings. The summed E-state index contributed by atoms with van der Waals surface area (Å²) in [6.45, 7) is 1.90. The lowest BCUT2D eigenvalue weighted by Gasteiger charge is -2.32. The number of halogens is 2. The van der Waals surface area contributed by atoms with Gasteiger partial charge in [0.1, 0.15) is 11.4 Å². The van der Waals surface area contributed by atoms with Crippen LogP contribution in [0.4, 0.5) is 10.1 Å². The Morgan fingerprint density at radius 1 is 1.38 bits per heavy atom. The van der Waals surface area contributed by atoms with Crippen LogP contribution in [0.5, 0.6) is 0 Å². The van der Waals surface area contributed by atoms with Gasteiger partial charge in [-0.25, -0.2) is 9.38 Å². The number of hydrogen-bond acceptors (Lipinski definition) is 5. The Bertz CT molecular complexity index is 866. The molecule has 1 amide bonds. The van der Waals surface area contributed by atoms with Crippen LogP contribution in [-0.4, -0.2) is 23.8 Å². The van der Waals surface area contributed by atoms with E-state index in [0.29, 0.717) is 0 Å². The van der Waals surface area contributed by atoms with Crippen molar-refractivity contribution in [2.45, 2.75) is 18.9 Å². The van der Waals surface area contributed by atoms with Crippen LogP contribution >= 0.6 is 33.9 Å². The molecule has 1 aliphatic heterocycles. The molecule has 0 saturated carbocycles. The average molecular weight is 458 g/mol. The molecule has 8 heteroatoms. The van der Waals surface area contributed by atoms with Crippen LogP contribution in [0.2, 0.25) is 0 Å². The second kappa shape index (κ2) is 5.99. The van der Waals surface area contributed by atoms with Gasteiger partial charge in [-0.3, -0.25) is 9.69 Å². The second-order valence-corrected chi connectivity index (χ2v) is 8.77. The van der Waals surface area contributed by atoms with Crippen molar-refractivity contribution in [1.29, 1.82) is 0 Å². The van der Waals surface area contributed by atoms with Crippen molar-refractivity contribution in [2.24, 2.45) is 10.7 Å². The number of carbonyl (C=O) groups is 1. The Balaban J connectivity index is 2.06. The minimum atomic E-state index is -0.692. The largest absolute Gasteiger partial charge is 0.396 e. The Labute approximate surface area is 156 Å². The first-order chi connectivity index (χ1) is 11.2. The van der Waals surface area contributed by atoms with Gasteiger partial charge < -0.3 is 11.5 Å². The summed E-state index contributed by atoms with van der Waals surface area (Å²) in [6.07, 6.45) is 0.256. The third kappa shape index (κ3) is 2.88. The van der Waals surface area contributed by atoms with Gasteiger partial charge in [0.15, 0.2) is 5.96 Å². The van der Waals surface area contributed by atoms with E-state index in [1.807, 2.05) is 13.0 Å². The summed E-state index contributed by atoms with van der Waals surface area (Å²) < 4.78 is 14.4. The Morgan fingerprint density at radius 3 is 2.71 bits per heavy atom. The molecule has 1 aromatic carbocycles. The molecule has 1 aromatic heterocycles. The van der Waals surface area contributed by atoms with Crippen LogP contribution < -0.4 is 11.5 Å². The molecular weight excluding hydrogens is 442 g/mol. The summed E-state index contributed by atoms with van der Waals surface area (Å²) in [7, 11) is 1.62. The number of aliphatic imine (C=N–C) groups is 1. The number of rotatable bonds is 2. The monoisotopic (exact) mass is 458 g/mol. The van der Waals surface area contributed by atoms with E-state index in [1.165, 1.54) is 11.0 Å². The van der Waals surface area contributed by atoms with Crippen LogP contribution in [0.15, 0.2) is 29.3 Å². The number of hydrogen-bond donors (Lipinski definition) is 2. The fourth-order valence-electron chi connectivity index (χ4n) is 2.59. The summed E-state index contributed by atoms with van der Waals surface area (Å²) in [6, 6.07) is 6.64. The van der Waals surface area contributed by atoms with Gasteiger partial charge in [0.2, 0.25) is 5.91 Å². The molecule has 4 N–H and O–H groups in total. The first-order valence-corrected chi connectivity index (χ1v) is 9.08. The van der Waals surface area contributed by atoms with E-state index in [1.54, 1.807) is 30.5 Å². The number of nitrogens with two attached hydrogens (primary N) is 2. The number of nitrogens with zero attached hydrogens (tertiary/aromatic N) is 2. The number of guanidine groups is 1. The number of amides is 1. The first kappa shape index (κ1) is 17.2. The summed E-state index contributed by atoms with van der Waals surface area (Å²) in [5, 5.41) is 0. The Kier molecular flexibility index (Phi) is 4.28. The van der Waals surface area contributed by atoms with Gasteiger partial charge in [0.05, 0.1) is 15.0 Å². The van der Waals surface area contributed by atoms with E-state index in [2.05, 4.69) is 27.6 Å². The summed E-state index contributed by atoms with van der Waals surface area (Å²) >= 11 is 3.78. The van der Waals surface area contributed by atoms with Crippen LogP contribution in [0, 0.1) is 8.70 Å². The van der Waals surface area contributed by atoms with Crippen molar-refractivity contribution in [3.8, 4) is 11.1 Å². The third-order valence-corrected chi connectivity index (χ3v) is 6.52. The zero-order valence-electron chi connectivity index (χ0n) is 13.1. The van der Waals surface area contributed by atoms with Crippen LogP contribution in [-0.2, 0) is 10.3 Å². The standard InChI is InChI=1S/C16H16FIN4OS/c1-16(7-13(23)22(2)15(20)21-16)12-6-9(14(18)24-12)8-3-4-10(17)11(19)5-8/h3-6H,7,19H2,1-2H3,(H2,20,21)/t16-/m0/s1. The molecule has 1 atom stereocenters. The van der Waals surface area contributed by atoms with Crippen molar-refractivity contribution in [2.75, 3.05) is 12.8 Å². The molecule has 0 aliphatic carbocycles. The molecule has 0 spiro atoms. The van der Waals surface area contributed by atoms with Gasteiger partial charge in [-0.1, -0.05) is 6.07 Å². The SMILES string of the molecule is CN1C(=O)C[C@@](C)(c2cc(-c3ccc(F)c(N)c3)c(I)s2)N=C1N. The van der Waals surface area contributed by atoms with Crippen molar-refractivity contribution in [1.82, 2.24) is 4.90 Å². The molecule has 0 unspecified atom stereocenters. The zero-order chi connectivity index (χ0) is 17.6. The highest BCUT2D eigenvalue weighted by Crippen LogP contribution is 2.42. The third-order valence-electron chi connectivity index (χ3n) is 4.10. The van der Waals surface area contributed by atoms with Crippen molar-refractivity contribution >= 4 is 51.5 Å². The molecule has 0 fully saturated rings. The number of carbonyl (C=O) groups excluding carboxylic acids is 1. The molecule has 3 rings (SSSR count). The summed E-state index contributed by atoms with van der Waals surface area (Å²) in [4.78, 5) is 19.0. The predicted molar refractivity (Wildman–Crippen MR) is 103 cm³/mol. The molecule has 0 saturated heterocycles. The molecule has 0 bridgehead atoms. The second-order valence-electron chi connectivity index (χ2n) is 5.91. The molecular formula is C16H16FIN4OS. The van der Waals surface area contributed by atoms with Crippen molar-refractivity contribution in [3.63, 3.8) is 0 Å². The lowest BCUT2D eigenvalue weighted by molar-refractivity contribution is -0.128. The molecule has 1 aliphatic rings. The van der Waals surface area contributed by atoms with Gasteiger partial charge in [0, 0.05) is 17.5 Å². The minimum absolute atomic E-state index is 0.0685. The maximum absolute atomic E-state index is 13.4. The lowest BCUT2D eigenvalue weighted by Crippen LogP contribution is -2.47. The van der Waals surface area contributed by atoms with Crippen LogP contribution in [0.25, 0.3) is 11.1 Å². The van der Waals surface area contributed by atoms with E-state index in [4.69, 9.17) is 11.5 Å². The van der Waals surface area contributed by atoms with E-state index < -0.39 is 11.4 Å². The Morgan fingerprint density at radius 2 is 2.08 bits per heavy atom. The highest BCUT2D eigenvalue weighted by Gasteiger charge is 2.37.